The first-order chi connectivity index (χ1) is 10.8. The van der Waals surface area contributed by atoms with Crippen LogP contribution in [0, 0.1) is 0 Å². The predicted octanol–water partition coefficient (Wildman–Crippen LogP) is 3.21. The molecule has 5 heteroatoms. The van der Waals surface area contributed by atoms with Crippen molar-refractivity contribution in [3.05, 3.63) is 59.9 Å². The Bertz CT molecular complexity index is 635. The van der Waals surface area contributed by atoms with Crippen LogP contribution < -0.4 is 5.32 Å². The second-order valence-electron chi connectivity index (χ2n) is 5.85. The smallest absolute Gasteiger partial charge is 0.193 e. The Balaban J connectivity index is 0.00000192. The summed E-state index contributed by atoms with van der Waals surface area (Å²) in [6.07, 6.45) is 3.26. The maximum atomic E-state index is 4.45. The summed E-state index contributed by atoms with van der Waals surface area (Å²) in [5.41, 5.74) is 2.70. The van der Waals surface area contributed by atoms with Gasteiger partial charge in [-0.3, -0.25) is 4.99 Å². The van der Waals surface area contributed by atoms with Gasteiger partial charge in [-0.2, -0.15) is 0 Å². The van der Waals surface area contributed by atoms with E-state index in [2.05, 4.69) is 75.5 Å². The average molecular weight is 424 g/mol. The van der Waals surface area contributed by atoms with Crippen molar-refractivity contribution < 1.29 is 0 Å². The largest absolute Gasteiger partial charge is 0.353 e. The maximum absolute atomic E-state index is 4.45. The van der Waals surface area contributed by atoms with E-state index in [1.165, 1.54) is 17.7 Å². The Morgan fingerprint density at radius 1 is 1.22 bits per heavy atom. The molecule has 1 aromatic carbocycles. The van der Waals surface area contributed by atoms with Crippen molar-refractivity contribution in [2.45, 2.75) is 18.9 Å². The highest BCUT2D eigenvalue weighted by molar-refractivity contribution is 14.0. The molecular formula is C18H25IN4. The van der Waals surface area contributed by atoms with Gasteiger partial charge in [-0.1, -0.05) is 30.3 Å². The van der Waals surface area contributed by atoms with Crippen LogP contribution in [0.3, 0.4) is 0 Å². The third kappa shape index (κ3) is 4.28. The fourth-order valence-corrected chi connectivity index (χ4v) is 3.13. The number of halogens is 1. The molecule has 23 heavy (non-hydrogen) atoms. The van der Waals surface area contributed by atoms with E-state index in [1.807, 2.05) is 7.05 Å². The summed E-state index contributed by atoms with van der Waals surface area (Å²) in [6.45, 7) is 2.91. The van der Waals surface area contributed by atoms with Gasteiger partial charge in [0.2, 0.25) is 0 Å². The van der Waals surface area contributed by atoms with Crippen LogP contribution >= 0.6 is 24.0 Å². The van der Waals surface area contributed by atoms with Gasteiger partial charge in [0, 0.05) is 45.0 Å². The lowest BCUT2D eigenvalue weighted by molar-refractivity contribution is 0.484. The third-order valence-electron chi connectivity index (χ3n) is 4.45. The van der Waals surface area contributed by atoms with E-state index in [0.29, 0.717) is 5.92 Å². The first kappa shape index (κ1) is 17.8. The van der Waals surface area contributed by atoms with Gasteiger partial charge in [-0.15, -0.1) is 24.0 Å². The molecule has 1 aliphatic heterocycles. The number of nitrogens with one attached hydrogen (secondary N) is 1. The van der Waals surface area contributed by atoms with Crippen molar-refractivity contribution in [3.63, 3.8) is 0 Å². The zero-order valence-corrected chi connectivity index (χ0v) is 16.1. The number of guanidine groups is 1. The molecule has 0 saturated carbocycles. The average Bonchev–Trinajstić information content (AvgIpc) is 3.19. The summed E-state index contributed by atoms with van der Waals surface area (Å²) < 4.78 is 2.14. The molecule has 0 amide bonds. The van der Waals surface area contributed by atoms with E-state index in [-0.39, 0.29) is 24.0 Å². The number of aromatic nitrogens is 1. The minimum Gasteiger partial charge on any atom is -0.353 e. The number of aliphatic imine (C=N–C) groups is 1. The molecule has 1 aliphatic rings. The quantitative estimate of drug-likeness (QED) is 0.467. The van der Waals surface area contributed by atoms with Gasteiger partial charge in [0.15, 0.2) is 5.96 Å². The summed E-state index contributed by atoms with van der Waals surface area (Å²) >= 11 is 0. The minimum atomic E-state index is 0. The van der Waals surface area contributed by atoms with Crippen LogP contribution in [0.2, 0.25) is 0 Å². The number of likely N-dealkylation sites (tertiary alicyclic amines) is 1. The van der Waals surface area contributed by atoms with Crippen LogP contribution in [-0.4, -0.2) is 35.6 Å². The van der Waals surface area contributed by atoms with Crippen molar-refractivity contribution in [3.8, 4) is 0 Å². The highest BCUT2D eigenvalue weighted by Gasteiger charge is 2.25. The van der Waals surface area contributed by atoms with E-state index >= 15 is 0 Å². The number of nitrogens with zero attached hydrogens (tertiary/aromatic N) is 3. The number of rotatable bonds is 3. The molecule has 1 fully saturated rings. The van der Waals surface area contributed by atoms with Crippen LogP contribution in [0.5, 0.6) is 0 Å². The number of aryl methyl sites for hydroxylation is 1. The van der Waals surface area contributed by atoms with Crippen LogP contribution in [0.15, 0.2) is 53.7 Å². The summed E-state index contributed by atoms with van der Waals surface area (Å²) in [6, 6.07) is 15.0. The zero-order chi connectivity index (χ0) is 15.4. The lowest BCUT2D eigenvalue weighted by atomic mass is 9.99. The van der Waals surface area contributed by atoms with Crippen molar-refractivity contribution >= 4 is 29.9 Å². The number of hydrogen-bond acceptors (Lipinski definition) is 1. The molecule has 4 nitrogen and oxygen atoms in total. The molecular weight excluding hydrogens is 399 g/mol. The van der Waals surface area contributed by atoms with Gasteiger partial charge >= 0.3 is 0 Å². The van der Waals surface area contributed by atoms with E-state index < -0.39 is 0 Å². The molecule has 1 atom stereocenters. The maximum Gasteiger partial charge on any atom is 0.193 e. The van der Waals surface area contributed by atoms with Crippen LogP contribution in [0.25, 0.3) is 0 Å². The molecule has 0 radical (unpaired) electrons. The van der Waals surface area contributed by atoms with E-state index in [0.717, 1.165) is 25.6 Å². The Morgan fingerprint density at radius 3 is 2.65 bits per heavy atom. The topological polar surface area (TPSA) is 32.6 Å². The minimum absolute atomic E-state index is 0. The SMILES string of the molecule is CN=C(NCc1cccn1C)N1CCC(c2ccccc2)C1.I. The number of benzene rings is 1. The first-order valence-electron chi connectivity index (χ1n) is 7.88. The Morgan fingerprint density at radius 2 is 2.00 bits per heavy atom. The molecule has 2 aromatic rings. The van der Waals surface area contributed by atoms with Crippen LogP contribution in [0.1, 0.15) is 23.6 Å². The standard InChI is InChI=1S/C18H24N4.HI/c1-19-18(20-13-17-9-6-11-21(17)2)22-12-10-16(14-22)15-7-4-3-5-8-15;/h3-9,11,16H,10,12-14H2,1-2H3,(H,19,20);1H. The van der Waals surface area contributed by atoms with Gasteiger partial charge in [0.25, 0.3) is 0 Å². The van der Waals surface area contributed by atoms with Gasteiger partial charge in [-0.05, 0) is 24.1 Å². The fourth-order valence-electron chi connectivity index (χ4n) is 3.13. The Labute approximate surface area is 155 Å². The zero-order valence-electron chi connectivity index (χ0n) is 13.8. The van der Waals surface area contributed by atoms with E-state index in [9.17, 15) is 0 Å². The molecule has 0 bridgehead atoms. The van der Waals surface area contributed by atoms with Crippen molar-refractivity contribution in [1.82, 2.24) is 14.8 Å². The second-order valence-corrected chi connectivity index (χ2v) is 5.85. The van der Waals surface area contributed by atoms with Crippen LogP contribution in [0.4, 0.5) is 0 Å². The molecule has 3 rings (SSSR count). The fraction of sp³-hybridized carbons (Fsp3) is 0.389. The summed E-state index contributed by atoms with van der Waals surface area (Å²) in [5, 5.41) is 3.48. The van der Waals surface area contributed by atoms with Crippen LogP contribution in [-0.2, 0) is 13.6 Å². The van der Waals surface area contributed by atoms with Gasteiger partial charge in [0.05, 0.1) is 6.54 Å². The Kier molecular flexibility index (Phi) is 6.50. The van der Waals surface area contributed by atoms with Gasteiger partial charge in [0.1, 0.15) is 0 Å². The third-order valence-corrected chi connectivity index (χ3v) is 4.45. The van der Waals surface area contributed by atoms with Crippen molar-refractivity contribution in [2.75, 3.05) is 20.1 Å². The molecule has 0 spiro atoms. The predicted molar refractivity (Wildman–Crippen MR) is 106 cm³/mol. The highest BCUT2D eigenvalue weighted by atomic mass is 127. The molecule has 1 saturated heterocycles. The molecule has 124 valence electrons. The highest BCUT2D eigenvalue weighted by Crippen LogP contribution is 2.26. The monoisotopic (exact) mass is 424 g/mol. The van der Waals surface area contributed by atoms with E-state index in [4.69, 9.17) is 0 Å². The molecule has 2 heterocycles. The summed E-state index contributed by atoms with van der Waals surface area (Å²) in [5.74, 6) is 1.61. The summed E-state index contributed by atoms with van der Waals surface area (Å²) in [4.78, 5) is 6.81. The molecule has 1 N–H and O–H groups in total. The second kappa shape index (κ2) is 8.38. The molecule has 1 unspecified atom stereocenters. The van der Waals surface area contributed by atoms with Crippen molar-refractivity contribution in [1.29, 1.82) is 0 Å². The Hall–Kier alpha value is -1.50. The molecule has 1 aromatic heterocycles. The van der Waals surface area contributed by atoms with Crippen molar-refractivity contribution in [2.24, 2.45) is 12.0 Å². The summed E-state index contributed by atoms with van der Waals surface area (Å²) in [7, 11) is 3.93. The molecule has 0 aliphatic carbocycles. The first-order valence-corrected chi connectivity index (χ1v) is 7.88. The number of hydrogen-bond donors (Lipinski definition) is 1. The van der Waals surface area contributed by atoms with Gasteiger partial charge < -0.3 is 14.8 Å². The van der Waals surface area contributed by atoms with E-state index in [1.54, 1.807) is 0 Å². The lowest BCUT2D eigenvalue weighted by Gasteiger charge is -2.22. The lowest BCUT2D eigenvalue weighted by Crippen LogP contribution is -2.39. The van der Waals surface area contributed by atoms with Gasteiger partial charge in [-0.25, -0.2) is 0 Å². The normalized spacial score (nSPS) is 17.9.